The molecule has 94 valence electrons. The first-order valence-electron chi connectivity index (χ1n) is 5.88. The van der Waals surface area contributed by atoms with E-state index in [-0.39, 0.29) is 5.56 Å². The van der Waals surface area contributed by atoms with Crippen LogP contribution in [0, 0.1) is 17.1 Å². The van der Waals surface area contributed by atoms with Crippen molar-refractivity contribution in [2.45, 2.75) is 13.0 Å². The molecule has 1 aromatic carbocycles. The third kappa shape index (κ3) is 2.77. The monoisotopic (exact) mass is 246 g/mol. The molecule has 0 saturated carbocycles. The minimum atomic E-state index is -0.476. The first-order chi connectivity index (χ1) is 8.70. The predicted molar refractivity (Wildman–Crippen MR) is 67.5 cm³/mol. The van der Waals surface area contributed by atoms with Crippen molar-refractivity contribution >= 4 is 5.96 Å². The Morgan fingerprint density at radius 3 is 3.06 bits per heavy atom. The van der Waals surface area contributed by atoms with Crippen LogP contribution in [0.15, 0.2) is 23.2 Å². The zero-order chi connectivity index (χ0) is 13.0. The minimum Gasteiger partial charge on any atom is -0.352 e. The lowest BCUT2D eigenvalue weighted by atomic mass is 10.1. The zero-order valence-corrected chi connectivity index (χ0v) is 10.3. The standard InChI is InChI=1S/C13H15FN4/c1-18-6-2-5-16-13(18)17-9-10-3-4-11(8-15)12(14)7-10/h3-4,7H,2,5-6,9H2,1H3,(H,16,17). The maximum Gasteiger partial charge on any atom is 0.193 e. The maximum absolute atomic E-state index is 13.4. The summed E-state index contributed by atoms with van der Waals surface area (Å²) in [5.41, 5.74) is 0.874. The number of nitrogens with zero attached hydrogens (tertiary/aromatic N) is 3. The van der Waals surface area contributed by atoms with Gasteiger partial charge >= 0.3 is 0 Å². The number of hydrogen-bond acceptors (Lipinski definition) is 4. The van der Waals surface area contributed by atoms with Gasteiger partial charge in [-0.1, -0.05) is 6.07 Å². The van der Waals surface area contributed by atoms with E-state index in [4.69, 9.17) is 5.26 Å². The topological polar surface area (TPSA) is 51.4 Å². The Morgan fingerprint density at radius 2 is 2.39 bits per heavy atom. The van der Waals surface area contributed by atoms with Crippen LogP contribution in [0.2, 0.25) is 0 Å². The van der Waals surface area contributed by atoms with Crippen LogP contribution in [0.4, 0.5) is 4.39 Å². The van der Waals surface area contributed by atoms with Crippen molar-refractivity contribution in [3.05, 3.63) is 35.1 Å². The van der Waals surface area contributed by atoms with Gasteiger partial charge in [-0.3, -0.25) is 4.99 Å². The van der Waals surface area contributed by atoms with E-state index < -0.39 is 5.82 Å². The van der Waals surface area contributed by atoms with Crippen molar-refractivity contribution in [1.82, 2.24) is 10.2 Å². The fourth-order valence-electron chi connectivity index (χ4n) is 1.85. The Kier molecular flexibility index (Phi) is 3.78. The minimum absolute atomic E-state index is 0.0749. The van der Waals surface area contributed by atoms with Crippen molar-refractivity contribution < 1.29 is 4.39 Å². The lowest BCUT2D eigenvalue weighted by molar-refractivity contribution is 0.446. The molecule has 0 radical (unpaired) electrons. The third-order valence-electron chi connectivity index (χ3n) is 2.88. The van der Waals surface area contributed by atoms with Gasteiger partial charge in [0.15, 0.2) is 5.96 Å². The highest BCUT2D eigenvalue weighted by Gasteiger charge is 2.10. The van der Waals surface area contributed by atoms with Gasteiger partial charge in [-0.25, -0.2) is 4.39 Å². The average molecular weight is 246 g/mol. The second-order valence-corrected chi connectivity index (χ2v) is 4.26. The molecule has 1 aromatic rings. The molecule has 4 nitrogen and oxygen atoms in total. The first kappa shape index (κ1) is 12.4. The summed E-state index contributed by atoms with van der Waals surface area (Å²) in [5, 5.41) is 11.8. The van der Waals surface area contributed by atoms with E-state index in [1.165, 1.54) is 12.1 Å². The maximum atomic E-state index is 13.4. The molecular weight excluding hydrogens is 231 g/mol. The van der Waals surface area contributed by atoms with Crippen LogP contribution in [-0.4, -0.2) is 31.0 Å². The second kappa shape index (κ2) is 5.50. The van der Waals surface area contributed by atoms with Crippen molar-refractivity contribution in [2.24, 2.45) is 4.99 Å². The van der Waals surface area contributed by atoms with Crippen LogP contribution >= 0.6 is 0 Å². The molecule has 18 heavy (non-hydrogen) atoms. The molecule has 0 saturated heterocycles. The Labute approximate surface area is 106 Å². The number of nitrogens with one attached hydrogen (secondary N) is 1. The number of rotatable bonds is 2. The van der Waals surface area contributed by atoms with Crippen molar-refractivity contribution in [1.29, 1.82) is 5.26 Å². The number of hydrogen-bond donors (Lipinski definition) is 1. The lowest BCUT2D eigenvalue weighted by Gasteiger charge is -2.25. The Morgan fingerprint density at radius 1 is 1.56 bits per heavy atom. The number of aliphatic imine (C=N–C) groups is 1. The summed E-state index contributed by atoms with van der Waals surface area (Å²) in [6.07, 6.45) is 1.06. The molecule has 1 aliphatic heterocycles. The SMILES string of the molecule is CN1CCCN=C1NCc1ccc(C#N)c(F)c1. The van der Waals surface area contributed by atoms with E-state index in [1.807, 2.05) is 18.0 Å². The molecule has 0 amide bonds. The zero-order valence-electron chi connectivity index (χ0n) is 10.3. The van der Waals surface area contributed by atoms with Gasteiger partial charge in [0.1, 0.15) is 11.9 Å². The van der Waals surface area contributed by atoms with Gasteiger partial charge in [-0.05, 0) is 24.1 Å². The molecule has 0 aliphatic carbocycles. The Balaban J connectivity index is 2.00. The Hall–Kier alpha value is -2.09. The van der Waals surface area contributed by atoms with Crippen LogP contribution < -0.4 is 5.32 Å². The summed E-state index contributed by atoms with van der Waals surface area (Å²) in [5.74, 6) is 0.363. The van der Waals surface area contributed by atoms with Crippen LogP contribution in [0.5, 0.6) is 0 Å². The van der Waals surface area contributed by atoms with Gasteiger partial charge in [-0.2, -0.15) is 5.26 Å². The molecule has 0 aromatic heterocycles. The number of halogens is 1. The largest absolute Gasteiger partial charge is 0.352 e. The number of benzene rings is 1. The summed E-state index contributed by atoms with van der Waals surface area (Å²) in [4.78, 5) is 6.41. The van der Waals surface area contributed by atoms with Gasteiger partial charge in [-0.15, -0.1) is 0 Å². The summed E-state index contributed by atoms with van der Waals surface area (Å²) in [6, 6.07) is 6.44. The molecule has 0 spiro atoms. The summed E-state index contributed by atoms with van der Waals surface area (Å²) < 4.78 is 13.4. The third-order valence-corrected chi connectivity index (χ3v) is 2.88. The lowest BCUT2D eigenvalue weighted by Crippen LogP contribution is -2.41. The summed E-state index contributed by atoms with van der Waals surface area (Å²) >= 11 is 0. The van der Waals surface area contributed by atoms with Gasteiger partial charge in [0, 0.05) is 26.7 Å². The van der Waals surface area contributed by atoms with Crippen LogP contribution in [-0.2, 0) is 6.54 Å². The van der Waals surface area contributed by atoms with Crippen LogP contribution in [0.3, 0.4) is 0 Å². The molecule has 1 aliphatic rings. The van der Waals surface area contributed by atoms with E-state index >= 15 is 0 Å². The highest BCUT2D eigenvalue weighted by molar-refractivity contribution is 5.80. The molecule has 1 heterocycles. The van der Waals surface area contributed by atoms with Gasteiger partial charge < -0.3 is 10.2 Å². The molecule has 2 rings (SSSR count). The van der Waals surface area contributed by atoms with E-state index in [9.17, 15) is 4.39 Å². The molecule has 0 bridgehead atoms. The van der Waals surface area contributed by atoms with Crippen LogP contribution in [0.1, 0.15) is 17.5 Å². The summed E-state index contributed by atoms with van der Waals surface area (Å²) in [6.45, 7) is 2.31. The van der Waals surface area contributed by atoms with E-state index in [1.54, 1.807) is 6.07 Å². The van der Waals surface area contributed by atoms with E-state index in [0.717, 1.165) is 31.0 Å². The normalized spacial score (nSPS) is 14.9. The smallest absolute Gasteiger partial charge is 0.193 e. The molecular formula is C13H15FN4. The van der Waals surface area contributed by atoms with E-state index in [2.05, 4.69) is 10.3 Å². The predicted octanol–water partition coefficient (Wildman–Crippen LogP) is 1.48. The second-order valence-electron chi connectivity index (χ2n) is 4.26. The van der Waals surface area contributed by atoms with Gasteiger partial charge in [0.05, 0.1) is 5.56 Å². The molecule has 5 heteroatoms. The summed E-state index contributed by atoms with van der Waals surface area (Å²) in [7, 11) is 1.98. The quantitative estimate of drug-likeness (QED) is 0.860. The molecule has 0 unspecified atom stereocenters. The van der Waals surface area contributed by atoms with Crippen molar-refractivity contribution in [3.63, 3.8) is 0 Å². The van der Waals surface area contributed by atoms with Crippen LogP contribution in [0.25, 0.3) is 0 Å². The van der Waals surface area contributed by atoms with Gasteiger partial charge in [0.25, 0.3) is 0 Å². The highest BCUT2D eigenvalue weighted by atomic mass is 19.1. The molecule has 0 atom stereocenters. The molecule has 0 fully saturated rings. The van der Waals surface area contributed by atoms with E-state index in [0.29, 0.717) is 6.54 Å². The fourth-order valence-corrected chi connectivity index (χ4v) is 1.85. The first-order valence-corrected chi connectivity index (χ1v) is 5.88. The fraction of sp³-hybridized carbons (Fsp3) is 0.385. The van der Waals surface area contributed by atoms with Crippen molar-refractivity contribution in [2.75, 3.05) is 20.1 Å². The highest BCUT2D eigenvalue weighted by Crippen LogP contribution is 2.09. The average Bonchev–Trinajstić information content (AvgIpc) is 2.38. The van der Waals surface area contributed by atoms with Gasteiger partial charge in [0.2, 0.25) is 0 Å². The number of nitriles is 1. The van der Waals surface area contributed by atoms with Crippen molar-refractivity contribution in [3.8, 4) is 6.07 Å². The number of guanidine groups is 1. The molecule has 1 N–H and O–H groups in total. The Bertz CT molecular complexity index is 504.